The van der Waals surface area contributed by atoms with Crippen LogP contribution in [0.15, 0.2) is 0 Å². The molecule has 2 N–H and O–H groups in total. The Hall–Kier alpha value is -1.45. The van der Waals surface area contributed by atoms with E-state index in [0.29, 0.717) is 12.8 Å². The number of carboxylic acids is 1. The van der Waals surface area contributed by atoms with Gasteiger partial charge < -0.3 is 10.2 Å². The number of aliphatic hydroxyl groups excluding tert-OH is 1. The molecule has 3 nitrogen and oxygen atoms in total. The Morgan fingerprint density at radius 2 is 1.75 bits per heavy atom. The van der Waals surface area contributed by atoms with E-state index in [9.17, 15) is 4.79 Å². The van der Waals surface area contributed by atoms with Crippen LogP contribution < -0.4 is 0 Å². The molecule has 0 fully saturated rings. The van der Waals surface area contributed by atoms with Crippen LogP contribution in [0.2, 0.25) is 0 Å². The number of hydrogen-bond acceptors (Lipinski definition) is 2. The van der Waals surface area contributed by atoms with Crippen molar-refractivity contribution < 1.29 is 15.0 Å². The molecule has 0 radical (unpaired) electrons. The van der Waals surface area contributed by atoms with Crippen LogP contribution in [0.3, 0.4) is 0 Å². The van der Waals surface area contributed by atoms with E-state index in [0.717, 1.165) is 0 Å². The van der Waals surface area contributed by atoms with Crippen LogP contribution in [0.5, 0.6) is 0 Å². The highest BCUT2D eigenvalue weighted by atomic mass is 16.4. The average Bonchev–Trinajstić information content (AvgIpc) is 2.02. The highest BCUT2D eigenvalue weighted by Crippen LogP contribution is 1.84. The minimum atomic E-state index is -0.854. The maximum absolute atomic E-state index is 10.00. The minimum absolute atomic E-state index is 0.0316. The normalized spacial score (nSPS) is 7.42. The highest BCUT2D eigenvalue weighted by Gasteiger charge is 1.90. The molecule has 0 amide bonds. The number of rotatable bonds is 3. The summed E-state index contributed by atoms with van der Waals surface area (Å²) in [4.78, 5) is 10.00. The van der Waals surface area contributed by atoms with Gasteiger partial charge in [-0.1, -0.05) is 11.8 Å². The van der Waals surface area contributed by atoms with Gasteiger partial charge in [0.15, 0.2) is 0 Å². The van der Waals surface area contributed by atoms with Gasteiger partial charge in [0.05, 0.1) is 13.0 Å². The Balaban J connectivity index is 3.48. The van der Waals surface area contributed by atoms with Crippen LogP contribution in [0.4, 0.5) is 0 Å². The van der Waals surface area contributed by atoms with Gasteiger partial charge in [0.25, 0.3) is 0 Å². The van der Waals surface area contributed by atoms with Crippen molar-refractivity contribution in [2.24, 2.45) is 0 Å². The number of aliphatic carboxylic acids is 1. The Bertz CT molecular complexity index is 246. The minimum Gasteiger partial charge on any atom is -0.481 e. The van der Waals surface area contributed by atoms with Crippen LogP contribution in [-0.2, 0) is 4.79 Å². The summed E-state index contributed by atoms with van der Waals surface area (Å²) in [7, 11) is 0. The molecule has 0 aliphatic carbocycles. The zero-order valence-corrected chi connectivity index (χ0v) is 6.63. The summed E-state index contributed by atoms with van der Waals surface area (Å²) in [5.41, 5.74) is 0. The van der Waals surface area contributed by atoms with E-state index in [2.05, 4.69) is 23.7 Å². The molecule has 0 aromatic rings. The largest absolute Gasteiger partial charge is 0.481 e. The summed E-state index contributed by atoms with van der Waals surface area (Å²) in [5.74, 6) is 9.32. The van der Waals surface area contributed by atoms with Crippen LogP contribution in [0.1, 0.15) is 19.3 Å². The zero-order chi connectivity index (χ0) is 9.23. The fraction of sp³-hybridized carbons (Fsp3) is 0.444. The zero-order valence-electron chi connectivity index (χ0n) is 6.63. The van der Waals surface area contributed by atoms with Gasteiger partial charge in [-0.2, -0.15) is 0 Å². The molecule has 0 aromatic carbocycles. The van der Waals surface area contributed by atoms with Gasteiger partial charge >= 0.3 is 5.97 Å². The topological polar surface area (TPSA) is 57.5 Å². The number of carboxylic acid groups (broad SMARTS) is 1. The van der Waals surface area contributed by atoms with Gasteiger partial charge in [-0.15, -0.1) is 0 Å². The fourth-order valence-electron chi connectivity index (χ4n) is 0.439. The number of hydrogen-bond donors (Lipinski definition) is 2. The lowest BCUT2D eigenvalue weighted by molar-refractivity contribution is -0.136. The second-order valence-corrected chi connectivity index (χ2v) is 1.97. The van der Waals surface area contributed by atoms with E-state index in [4.69, 9.17) is 10.2 Å². The van der Waals surface area contributed by atoms with Crippen molar-refractivity contribution in [3.63, 3.8) is 0 Å². The highest BCUT2D eigenvalue weighted by molar-refractivity contribution is 5.67. The third-order valence-corrected chi connectivity index (χ3v) is 0.940. The molecule has 0 saturated carbocycles. The average molecular weight is 166 g/mol. The summed E-state index contributed by atoms with van der Waals surface area (Å²) >= 11 is 0. The maximum Gasteiger partial charge on any atom is 0.304 e. The molecule has 64 valence electrons. The van der Waals surface area contributed by atoms with Crippen LogP contribution in [0, 0.1) is 23.7 Å². The van der Waals surface area contributed by atoms with Crippen molar-refractivity contribution in [2.45, 2.75) is 19.3 Å². The van der Waals surface area contributed by atoms with Crippen molar-refractivity contribution in [3.05, 3.63) is 0 Å². The lowest BCUT2D eigenvalue weighted by atomic mass is 10.3. The fourth-order valence-corrected chi connectivity index (χ4v) is 0.439. The van der Waals surface area contributed by atoms with Crippen molar-refractivity contribution in [3.8, 4) is 23.7 Å². The van der Waals surface area contributed by atoms with Crippen molar-refractivity contribution in [1.29, 1.82) is 0 Å². The molecule has 0 rings (SSSR count). The summed E-state index contributed by atoms with van der Waals surface area (Å²) in [6.45, 7) is 0.0316. The summed E-state index contributed by atoms with van der Waals surface area (Å²) < 4.78 is 0. The predicted octanol–water partition coefficient (Wildman–Crippen LogP) is 0.240. The second kappa shape index (κ2) is 7.65. The Morgan fingerprint density at radius 1 is 1.17 bits per heavy atom. The molecule has 0 aromatic heterocycles. The van der Waals surface area contributed by atoms with Crippen molar-refractivity contribution >= 4 is 5.97 Å². The molecule has 3 heteroatoms. The van der Waals surface area contributed by atoms with Gasteiger partial charge in [-0.3, -0.25) is 4.79 Å². The lowest BCUT2D eigenvalue weighted by Gasteiger charge is -1.81. The van der Waals surface area contributed by atoms with Crippen LogP contribution >= 0.6 is 0 Å². The summed E-state index contributed by atoms with van der Waals surface area (Å²) in [5, 5.41) is 16.5. The molecule has 0 heterocycles. The Labute approximate surface area is 71.4 Å². The molecule has 0 spiro atoms. The van der Waals surface area contributed by atoms with Gasteiger partial charge in [0, 0.05) is 12.8 Å². The molecule has 12 heavy (non-hydrogen) atoms. The Morgan fingerprint density at radius 3 is 2.25 bits per heavy atom. The van der Waals surface area contributed by atoms with E-state index in [1.807, 2.05) is 0 Å². The van der Waals surface area contributed by atoms with Gasteiger partial charge in [0.2, 0.25) is 0 Å². The van der Waals surface area contributed by atoms with Gasteiger partial charge in [0.1, 0.15) is 0 Å². The maximum atomic E-state index is 10.00. The molecule has 0 unspecified atom stereocenters. The standard InChI is InChI=1S/C9H10O3/c10-8-6-4-2-1-3-5-7-9(11)12/h10H,5-8H2,(H,11,12). The first-order valence-electron chi connectivity index (χ1n) is 3.55. The SMILES string of the molecule is O=C(O)CCC#CC#CCCO. The smallest absolute Gasteiger partial charge is 0.304 e. The quantitative estimate of drug-likeness (QED) is 0.590. The molecule has 0 saturated heterocycles. The van der Waals surface area contributed by atoms with Crippen molar-refractivity contribution in [1.82, 2.24) is 0 Å². The molecular weight excluding hydrogens is 156 g/mol. The third-order valence-electron chi connectivity index (χ3n) is 0.940. The van der Waals surface area contributed by atoms with E-state index in [1.165, 1.54) is 0 Å². The first-order chi connectivity index (χ1) is 5.77. The molecule has 0 aliphatic rings. The summed E-state index contributed by atoms with van der Waals surface area (Å²) in [6.07, 6.45) is 0.783. The number of carbonyl (C=O) groups is 1. The monoisotopic (exact) mass is 166 g/mol. The van der Waals surface area contributed by atoms with E-state index in [1.54, 1.807) is 0 Å². The van der Waals surface area contributed by atoms with E-state index in [-0.39, 0.29) is 13.0 Å². The third kappa shape index (κ3) is 8.55. The first kappa shape index (κ1) is 10.6. The van der Waals surface area contributed by atoms with Gasteiger partial charge in [-0.25, -0.2) is 0 Å². The molecule has 0 bridgehead atoms. The van der Waals surface area contributed by atoms with E-state index < -0.39 is 5.97 Å². The lowest BCUT2D eigenvalue weighted by Crippen LogP contribution is -1.91. The first-order valence-corrected chi connectivity index (χ1v) is 3.55. The van der Waals surface area contributed by atoms with E-state index >= 15 is 0 Å². The Kier molecular flexibility index (Phi) is 6.73. The molecule has 0 aliphatic heterocycles. The van der Waals surface area contributed by atoms with Crippen molar-refractivity contribution in [2.75, 3.05) is 6.61 Å². The van der Waals surface area contributed by atoms with Crippen LogP contribution in [-0.4, -0.2) is 22.8 Å². The molecular formula is C9H10O3. The molecule has 0 atom stereocenters. The van der Waals surface area contributed by atoms with Gasteiger partial charge in [-0.05, 0) is 11.8 Å². The predicted molar refractivity (Wildman–Crippen MR) is 44.1 cm³/mol. The summed E-state index contributed by atoms with van der Waals surface area (Å²) in [6, 6.07) is 0. The van der Waals surface area contributed by atoms with Crippen LogP contribution in [0.25, 0.3) is 0 Å². The number of aliphatic hydroxyl groups is 1. The second-order valence-electron chi connectivity index (χ2n) is 1.97.